The molecule has 1 fully saturated rings. The summed E-state index contributed by atoms with van der Waals surface area (Å²) in [5.74, 6) is 0. The Labute approximate surface area is 66.3 Å². The van der Waals surface area contributed by atoms with Gasteiger partial charge in [0.2, 0.25) is 0 Å². The van der Waals surface area contributed by atoms with Crippen LogP contribution in [0.5, 0.6) is 0 Å². The smallest absolute Gasteiger partial charge is 0.0858 e. The minimum absolute atomic E-state index is 0.169. The predicted molar refractivity (Wildman–Crippen MR) is 43.1 cm³/mol. The third-order valence-corrected chi connectivity index (χ3v) is 2.64. The van der Waals surface area contributed by atoms with Gasteiger partial charge in [0.05, 0.1) is 6.10 Å². The van der Waals surface area contributed by atoms with Crippen LogP contribution in [0.2, 0.25) is 0 Å². The summed E-state index contributed by atoms with van der Waals surface area (Å²) in [7, 11) is 0. The van der Waals surface area contributed by atoms with E-state index in [4.69, 9.17) is 0 Å². The topological polar surface area (TPSA) is 36.0 Å². The number of nitrogens with one attached hydrogen (secondary N) is 1. The first-order valence-electron chi connectivity index (χ1n) is 4.03. The molecule has 0 bridgehead atoms. The van der Waals surface area contributed by atoms with Crippen molar-refractivity contribution in [2.24, 2.45) is 5.41 Å². The summed E-state index contributed by atoms with van der Waals surface area (Å²) in [5.41, 5.74) is 1.19. The lowest BCUT2D eigenvalue weighted by molar-refractivity contribution is 0.104. The molecular weight excluding hydrogens is 138 g/mol. The Morgan fingerprint density at radius 2 is 2.36 bits per heavy atom. The number of hydrogen-bond donors (Lipinski definition) is 2. The number of hydrogen-bond acceptors (Lipinski definition) is 1. The fourth-order valence-electron chi connectivity index (χ4n) is 1.38. The van der Waals surface area contributed by atoms with Crippen molar-refractivity contribution in [2.45, 2.75) is 25.9 Å². The molecule has 1 aromatic heterocycles. The van der Waals surface area contributed by atoms with Crippen molar-refractivity contribution in [1.82, 2.24) is 4.98 Å². The van der Waals surface area contributed by atoms with Gasteiger partial charge in [-0.05, 0) is 29.9 Å². The average molecular weight is 151 g/mol. The summed E-state index contributed by atoms with van der Waals surface area (Å²) in [5, 5.41) is 9.79. The van der Waals surface area contributed by atoms with Crippen molar-refractivity contribution in [3.05, 3.63) is 24.0 Å². The molecule has 1 aromatic rings. The first-order valence-corrected chi connectivity index (χ1v) is 4.03. The molecule has 0 amide bonds. The Kier molecular flexibility index (Phi) is 1.33. The number of aliphatic hydroxyl groups is 1. The van der Waals surface area contributed by atoms with Crippen LogP contribution in [-0.2, 0) is 0 Å². The van der Waals surface area contributed by atoms with E-state index in [-0.39, 0.29) is 11.5 Å². The summed E-state index contributed by atoms with van der Waals surface area (Å²) in [6.07, 6.45) is 5.76. The van der Waals surface area contributed by atoms with Crippen molar-refractivity contribution in [3.8, 4) is 0 Å². The Morgan fingerprint density at radius 1 is 1.64 bits per heavy atom. The van der Waals surface area contributed by atoms with Crippen molar-refractivity contribution in [1.29, 1.82) is 0 Å². The largest absolute Gasteiger partial charge is 0.388 e. The predicted octanol–water partition coefficient (Wildman–Crippen LogP) is 1.85. The molecule has 60 valence electrons. The van der Waals surface area contributed by atoms with Gasteiger partial charge in [-0.25, -0.2) is 0 Å². The van der Waals surface area contributed by atoms with E-state index in [1.54, 1.807) is 0 Å². The zero-order valence-corrected chi connectivity index (χ0v) is 6.67. The quantitative estimate of drug-likeness (QED) is 0.664. The van der Waals surface area contributed by atoms with E-state index in [9.17, 15) is 5.11 Å². The van der Waals surface area contributed by atoms with Gasteiger partial charge in [0, 0.05) is 12.4 Å². The highest BCUT2D eigenvalue weighted by molar-refractivity contribution is 5.17. The molecule has 11 heavy (non-hydrogen) atoms. The second kappa shape index (κ2) is 2.11. The van der Waals surface area contributed by atoms with Gasteiger partial charge in [0.1, 0.15) is 0 Å². The van der Waals surface area contributed by atoms with Crippen LogP contribution in [0.3, 0.4) is 0 Å². The highest BCUT2D eigenvalue weighted by atomic mass is 16.3. The molecule has 2 N–H and O–H groups in total. The Morgan fingerprint density at radius 3 is 2.82 bits per heavy atom. The highest BCUT2D eigenvalue weighted by Crippen LogP contribution is 2.54. The standard InChI is InChI=1S/C9H13NO/c1-9(3-4-9)8(11)7-2-5-10-6-7/h2,5-6,8,10-11H,3-4H2,1H3. The van der Waals surface area contributed by atoms with Crippen LogP contribution in [0.15, 0.2) is 18.5 Å². The summed E-state index contributed by atoms with van der Waals surface area (Å²) in [6, 6.07) is 1.94. The van der Waals surface area contributed by atoms with Crippen LogP contribution in [0.4, 0.5) is 0 Å². The number of H-pyrrole nitrogens is 1. The average Bonchev–Trinajstić information content (AvgIpc) is 2.54. The van der Waals surface area contributed by atoms with Crippen LogP contribution in [0, 0.1) is 5.41 Å². The zero-order valence-electron chi connectivity index (χ0n) is 6.67. The monoisotopic (exact) mass is 151 g/mol. The molecule has 0 spiro atoms. The molecule has 0 radical (unpaired) electrons. The first kappa shape index (κ1) is 6.92. The summed E-state index contributed by atoms with van der Waals surface area (Å²) >= 11 is 0. The molecule has 1 aliphatic carbocycles. The number of aliphatic hydroxyl groups excluding tert-OH is 1. The van der Waals surface area contributed by atoms with Crippen LogP contribution >= 0.6 is 0 Å². The lowest BCUT2D eigenvalue weighted by atomic mass is 9.97. The van der Waals surface area contributed by atoms with E-state index < -0.39 is 0 Å². The third-order valence-electron chi connectivity index (χ3n) is 2.64. The SMILES string of the molecule is CC1(C(O)c2cc[nH]c2)CC1. The fourth-order valence-corrected chi connectivity index (χ4v) is 1.38. The number of rotatable bonds is 2. The first-order chi connectivity index (χ1) is 5.22. The van der Waals surface area contributed by atoms with Gasteiger partial charge in [-0.15, -0.1) is 0 Å². The second-order valence-corrected chi connectivity index (χ2v) is 3.70. The van der Waals surface area contributed by atoms with Gasteiger partial charge >= 0.3 is 0 Å². The molecule has 1 unspecified atom stereocenters. The summed E-state index contributed by atoms with van der Waals surface area (Å²) in [4.78, 5) is 2.95. The van der Waals surface area contributed by atoms with E-state index in [2.05, 4.69) is 11.9 Å². The van der Waals surface area contributed by atoms with Crippen LogP contribution in [0.25, 0.3) is 0 Å². The molecular formula is C9H13NO. The van der Waals surface area contributed by atoms with E-state index in [0.717, 1.165) is 18.4 Å². The summed E-state index contributed by atoms with van der Waals surface area (Å²) < 4.78 is 0. The molecule has 0 aromatic carbocycles. The maximum atomic E-state index is 9.79. The van der Waals surface area contributed by atoms with E-state index in [1.165, 1.54) is 0 Å². The van der Waals surface area contributed by atoms with E-state index >= 15 is 0 Å². The molecule has 2 rings (SSSR count). The summed E-state index contributed by atoms with van der Waals surface area (Å²) in [6.45, 7) is 2.13. The third kappa shape index (κ3) is 1.07. The van der Waals surface area contributed by atoms with Crippen LogP contribution in [0.1, 0.15) is 31.4 Å². The lowest BCUT2D eigenvalue weighted by Gasteiger charge is -2.15. The zero-order chi connectivity index (χ0) is 7.90. The molecule has 2 heteroatoms. The van der Waals surface area contributed by atoms with Crippen molar-refractivity contribution in [2.75, 3.05) is 0 Å². The normalized spacial score (nSPS) is 23.1. The molecule has 1 saturated carbocycles. The van der Waals surface area contributed by atoms with Crippen molar-refractivity contribution >= 4 is 0 Å². The maximum absolute atomic E-state index is 9.79. The molecule has 1 heterocycles. The second-order valence-electron chi connectivity index (χ2n) is 3.70. The molecule has 0 aliphatic heterocycles. The Balaban J connectivity index is 2.17. The van der Waals surface area contributed by atoms with Crippen LogP contribution < -0.4 is 0 Å². The van der Waals surface area contributed by atoms with E-state index in [1.807, 2.05) is 18.5 Å². The molecule has 1 aliphatic rings. The minimum atomic E-state index is -0.270. The van der Waals surface area contributed by atoms with Crippen molar-refractivity contribution < 1.29 is 5.11 Å². The van der Waals surface area contributed by atoms with Gasteiger partial charge in [-0.1, -0.05) is 6.92 Å². The van der Waals surface area contributed by atoms with Gasteiger partial charge in [-0.3, -0.25) is 0 Å². The highest BCUT2D eigenvalue weighted by Gasteiger charge is 2.44. The van der Waals surface area contributed by atoms with Gasteiger partial charge in [0.25, 0.3) is 0 Å². The number of aromatic nitrogens is 1. The fraction of sp³-hybridized carbons (Fsp3) is 0.556. The Hall–Kier alpha value is -0.760. The van der Waals surface area contributed by atoms with Crippen molar-refractivity contribution in [3.63, 3.8) is 0 Å². The maximum Gasteiger partial charge on any atom is 0.0858 e. The van der Waals surface area contributed by atoms with Gasteiger partial charge < -0.3 is 10.1 Å². The lowest BCUT2D eigenvalue weighted by Crippen LogP contribution is -2.08. The molecule has 0 saturated heterocycles. The molecule has 2 nitrogen and oxygen atoms in total. The van der Waals surface area contributed by atoms with Gasteiger partial charge in [-0.2, -0.15) is 0 Å². The minimum Gasteiger partial charge on any atom is -0.388 e. The Bertz CT molecular complexity index is 236. The van der Waals surface area contributed by atoms with Gasteiger partial charge in [0.15, 0.2) is 0 Å². The van der Waals surface area contributed by atoms with E-state index in [0.29, 0.717) is 0 Å². The molecule has 1 atom stereocenters. The van der Waals surface area contributed by atoms with Crippen LogP contribution in [-0.4, -0.2) is 10.1 Å². The number of aromatic amines is 1.